The van der Waals surface area contributed by atoms with Gasteiger partial charge in [-0.15, -0.1) is 0 Å². The topological polar surface area (TPSA) is 40.9 Å². The Labute approximate surface area is 54.5 Å². The molecule has 0 spiro atoms. The quantitative estimate of drug-likeness (QED) is 0.554. The number of ketones is 1. The third-order valence-electron chi connectivity index (χ3n) is 2.02. The van der Waals surface area contributed by atoms with E-state index in [1.807, 2.05) is 6.07 Å². The van der Waals surface area contributed by atoms with Gasteiger partial charge in [0.2, 0.25) is 0 Å². The lowest BCUT2D eigenvalue weighted by Crippen LogP contribution is -2.09. The second kappa shape index (κ2) is 1.84. The lowest BCUT2D eigenvalue weighted by molar-refractivity contribution is -0.121. The van der Waals surface area contributed by atoms with Crippen LogP contribution in [0.3, 0.4) is 0 Å². The van der Waals surface area contributed by atoms with Crippen LogP contribution in [0.15, 0.2) is 0 Å². The molecule has 1 aliphatic rings. The van der Waals surface area contributed by atoms with Gasteiger partial charge in [-0.1, -0.05) is 0 Å². The molecule has 0 radical (unpaired) electrons. The molecule has 1 rings (SSSR count). The molecule has 0 N–H and O–H groups in total. The number of nitriles is 1. The molecule has 1 saturated carbocycles. The lowest BCUT2D eigenvalue weighted by Gasteiger charge is -2.01. The number of rotatable bonds is 2. The Kier molecular flexibility index (Phi) is 1.28. The van der Waals surface area contributed by atoms with Crippen LogP contribution in [0.25, 0.3) is 0 Å². The summed E-state index contributed by atoms with van der Waals surface area (Å²) in [6.45, 7) is 1.57. The predicted molar refractivity (Wildman–Crippen MR) is 32.6 cm³/mol. The molecule has 1 aliphatic carbocycles. The maximum atomic E-state index is 10.8. The van der Waals surface area contributed by atoms with Crippen LogP contribution >= 0.6 is 0 Å². The van der Waals surface area contributed by atoms with E-state index in [0.29, 0.717) is 6.42 Å². The van der Waals surface area contributed by atoms with Gasteiger partial charge >= 0.3 is 0 Å². The van der Waals surface area contributed by atoms with E-state index in [-0.39, 0.29) is 11.2 Å². The van der Waals surface area contributed by atoms with E-state index in [9.17, 15) is 4.79 Å². The third-order valence-corrected chi connectivity index (χ3v) is 2.02. The van der Waals surface area contributed by atoms with Gasteiger partial charge in [0.15, 0.2) is 0 Å². The molecule has 48 valence electrons. The van der Waals surface area contributed by atoms with Crippen LogP contribution in [-0.2, 0) is 4.79 Å². The van der Waals surface area contributed by atoms with Crippen molar-refractivity contribution < 1.29 is 4.79 Å². The highest BCUT2D eigenvalue weighted by atomic mass is 16.1. The number of Topliss-reactive ketones (excluding diaryl/α,β-unsaturated/α-hetero) is 1. The van der Waals surface area contributed by atoms with E-state index < -0.39 is 0 Å². The number of hydrogen-bond donors (Lipinski definition) is 0. The summed E-state index contributed by atoms with van der Waals surface area (Å²) in [6.07, 6.45) is 2.27. The van der Waals surface area contributed by atoms with Gasteiger partial charge < -0.3 is 0 Å². The minimum absolute atomic E-state index is 0.184. The smallest absolute Gasteiger partial charge is 0.136 e. The van der Waals surface area contributed by atoms with E-state index >= 15 is 0 Å². The molecule has 0 atom stereocenters. The first-order valence-corrected chi connectivity index (χ1v) is 3.09. The summed E-state index contributed by atoms with van der Waals surface area (Å²) in [7, 11) is 0. The monoisotopic (exact) mass is 123 g/mol. The Balaban J connectivity index is 2.55. The van der Waals surface area contributed by atoms with Gasteiger partial charge in [-0.2, -0.15) is 5.26 Å². The average molecular weight is 123 g/mol. The SMILES string of the molecule is CC(=O)C1(CC#N)CC1. The van der Waals surface area contributed by atoms with Crippen molar-refractivity contribution in [3.05, 3.63) is 0 Å². The van der Waals surface area contributed by atoms with E-state index in [1.165, 1.54) is 0 Å². The molecule has 0 saturated heterocycles. The molecule has 0 aliphatic heterocycles. The van der Waals surface area contributed by atoms with Crippen LogP contribution in [0.2, 0.25) is 0 Å². The first-order chi connectivity index (χ1) is 4.21. The second-order valence-electron chi connectivity index (χ2n) is 2.67. The summed E-state index contributed by atoms with van der Waals surface area (Å²) < 4.78 is 0. The summed E-state index contributed by atoms with van der Waals surface area (Å²) in [5, 5.41) is 8.29. The van der Waals surface area contributed by atoms with Crippen LogP contribution in [0.4, 0.5) is 0 Å². The van der Waals surface area contributed by atoms with Gasteiger partial charge in [-0.25, -0.2) is 0 Å². The Morgan fingerprint density at radius 2 is 2.33 bits per heavy atom. The molecular formula is C7H9NO. The van der Waals surface area contributed by atoms with Crippen molar-refractivity contribution in [2.45, 2.75) is 26.2 Å². The molecule has 0 unspecified atom stereocenters. The van der Waals surface area contributed by atoms with Crippen molar-refractivity contribution in [1.82, 2.24) is 0 Å². The molecule has 0 bridgehead atoms. The normalized spacial score (nSPS) is 20.4. The molecule has 0 aromatic heterocycles. The highest BCUT2D eigenvalue weighted by Gasteiger charge is 2.46. The van der Waals surface area contributed by atoms with Crippen molar-refractivity contribution in [2.24, 2.45) is 5.41 Å². The predicted octanol–water partition coefficient (Wildman–Crippen LogP) is 1.27. The Hall–Kier alpha value is -0.840. The Morgan fingerprint density at radius 1 is 1.78 bits per heavy atom. The fourth-order valence-electron chi connectivity index (χ4n) is 0.956. The summed E-state index contributed by atoms with van der Waals surface area (Å²) in [4.78, 5) is 10.8. The van der Waals surface area contributed by atoms with Gasteiger partial charge in [0, 0.05) is 11.8 Å². The molecular weight excluding hydrogens is 114 g/mol. The number of carbonyl (C=O) groups excluding carboxylic acids is 1. The van der Waals surface area contributed by atoms with Crippen LogP contribution in [0, 0.1) is 16.7 Å². The lowest BCUT2D eigenvalue weighted by atomic mass is 9.99. The Bertz CT molecular complexity index is 174. The summed E-state index contributed by atoms with van der Waals surface area (Å²) >= 11 is 0. The van der Waals surface area contributed by atoms with Gasteiger partial charge in [-0.05, 0) is 19.8 Å². The molecule has 2 nitrogen and oxygen atoms in total. The van der Waals surface area contributed by atoms with Gasteiger partial charge in [0.1, 0.15) is 5.78 Å². The molecule has 0 aromatic rings. The maximum absolute atomic E-state index is 10.8. The van der Waals surface area contributed by atoms with Crippen LogP contribution in [0.1, 0.15) is 26.2 Å². The second-order valence-corrected chi connectivity index (χ2v) is 2.67. The summed E-state index contributed by atoms with van der Waals surface area (Å²) in [6, 6.07) is 2.03. The van der Waals surface area contributed by atoms with Gasteiger partial charge in [-0.3, -0.25) is 4.79 Å². The van der Waals surface area contributed by atoms with Gasteiger partial charge in [0.05, 0.1) is 6.07 Å². The third kappa shape index (κ3) is 0.951. The van der Waals surface area contributed by atoms with Crippen molar-refractivity contribution in [2.75, 3.05) is 0 Å². The van der Waals surface area contributed by atoms with E-state index in [0.717, 1.165) is 12.8 Å². The van der Waals surface area contributed by atoms with Crippen molar-refractivity contribution >= 4 is 5.78 Å². The first-order valence-electron chi connectivity index (χ1n) is 3.09. The van der Waals surface area contributed by atoms with E-state index in [4.69, 9.17) is 5.26 Å². The first kappa shape index (κ1) is 6.28. The number of carbonyl (C=O) groups is 1. The van der Waals surface area contributed by atoms with E-state index in [2.05, 4.69) is 0 Å². The van der Waals surface area contributed by atoms with E-state index in [1.54, 1.807) is 6.92 Å². The molecule has 9 heavy (non-hydrogen) atoms. The fraction of sp³-hybridized carbons (Fsp3) is 0.714. The summed E-state index contributed by atoms with van der Waals surface area (Å²) in [5.41, 5.74) is -0.200. The van der Waals surface area contributed by atoms with Crippen molar-refractivity contribution in [3.8, 4) is 6.07 Å². The fourth-order valence-corrected chi connectivity index (χ4v) is 0.956. The number of hydrogen-bond acceptors (Lipinski definition) is 2. The zero-order valence-corrected chi connectivity index (χ0v) is 5.48. The zero-order valence-electron chi connectivity index (χ0n) is 5.48. The van der Waals surface area contributed by atoms with Crippen molar-refractivity contribution in [3.63, 3.8) is 0 Å². The standard InChI is InChI=1S/C7H9NO/c1-6(9)7(2-3-7)4-5-8/h2-4H2,1H3. The van der Waals surface area contributed by atoms with Crippen molar-refractivity contribution in [1.29, 1.82) is 5.26 Å². The van der Waals surface area contributed by atoms with Crippen LogP contribution in [-0.4, -0.2) is 5.78 Å². The zero-order chi connectivity index (χ0) is 6.91. The van der Waals surface area contributed by atoms with Crippen LogP contribution in [0.5, 0.6) is 0 Å². The highest BCUT2D eigenvalue weighted by Crippen LogP contribution is 2.49. The molecule has 2 heteroatoms. The van der Waals surface area contributed by atoms with Gasteiger partial charge in [0.25, 0.3) is 0 Å². The highest BCUT2D eigenvalue weighted by molar-refractivity contribution is 5.85. The van der Waals surface area contributed by atoms with Crippen LogP contribution < -0.4 is 0 Å². The largest absolute Gasteiger partial charge is 0.299 e. The molecule has 1 fully saturated rings. The molecule has 0 amide bonds. The average Bonchev–Trinajstić information content (AvgIpc) is 2.49. The molecule has 0 heterocycles. The number of nitrogens with zero attached hydrogens (tertiary/aromatic N) is 1. The maximum Gasteiger partial charge on any atom is 0.136 e. The summed E-state index contributed by atoms with van der Waals surface area (Å²) in [5.74, 6) is 0.184. The Morgan fingerprint density at radius 3 is 2.44 bits per heavy atom. The minimum atomic E-state index is -0.200. The molecule has 0 aromatic carbocycles. The minimum Gasteiger partial charge on any atom is -0.299 e.